The number of ether oxygens (including phenoxy) is 2. The van der Waals surface area contributed by atoms with Crippen LogP contribution in [0, 0.1) is 0 Å². The molecule has 0 radical (unpaired) electrons. The average molecular weight is 542 g/mol. The molecule has 0 aliphatic heterocycles. The first-order valence-corrected chi connectivity index (χ1v) is 12.5. The maximum Gasteiger partial charge on any atom is 0.407 e. The number of benzene rings is 2. The molecule has 2 amide bonds. The number of fused-ring (bicyclic) bond motifs is 3. The van der Waals surface area contributed by atoms with Gasteiger partial charge in [-0.2, -0.15) is 0 Å². The van der Waals surface area contributed by atoms with E-state index in [1.165, 1.54) is 13.2 Å². The molecule has 0 saturated carbocycles. The minimum Gasteiger partial charge on any atom is -0.467 e. The number of nitrogens with one attached hydrogen (secondary N) is 3. The van der Waals surface area contributed by atoms with Gasteiger partial charge in [0.25, 0.3) is 0 Å². The van der Waals surface area contributed by atoms with E-state index in [1.807, 2.05) is 48.5 Å². The van der Waals surface area contributed by atoms with Crippen molar-refractivity contribution in [3.05, 3.63) is 72.3 Å². The van der Waals surface area contributed by atoms with Gasteiger partial charge in [0.1, 0.15) is 18.7 Å². The zero-order chi connectivity index (χ0) is 27.5. The van der Waals surface area contributed by atoms with Crippen LogP contribution in [0.1, 0.15) is 36.3 Å². The monoisotopic (exact) mass is 541 g/mol. The van der Waals surface area contributed by atoms with Gasteiger partial charge in [0, 0.05) is 24.2 Å². The lowest BCUT2D eigenvalue weighted by Crippen LogP contribution is -2.52. The van der Waals surface area contributed by atoms with Crippen LogP contribution in [-0.2, 0) is 19.1 Å². The number of amides is 2. The number of methoxy groups -OCH3 is 1. The van der Waals surface area contributed by atoms with Crippen LogP contribution in [0.25, 0.3) is 11.1 Å². The Morgan fingerprint density at radius 2 is 1.71 bits per heavy atom. The van der Waals surface area contributed by atoms with Gasteiger partial charge in [-0.05, 0) is 41.5 Å². The fourth-order valence-corrected chi connectivity index (χ4v) is 4.43. The number of hydrogen-bond donors (Lipinski definition) is 4. The molecule has 1 aliphatic rings. The first-order valence-electron chi connectivity index (χ1n) is 12.2. The van der Waals surface area contributed by atoms with Gasteiger partial charge in [-0.1, -0.05) is 54.6 Å². The highest BCUT2D eigenvalue weighted by Crippen LogP contribution is 2.44. The molecule has 1 aliphatic carbocycles. The number of hydrogen-bond acceptors (Lipinski definition) is 6. The lowest BCUT2D eigenvalue weighted by Gasteiger charge is -2.22. The zero-order valence-electron chi connectivity index (χ0n) is 21.1. The van der Waals surface area contributed by atoms with Gasteiger partial charge in [-0.15, -0.1) is 6.58 Å². The number of rotatable bonds is 12. The van der Waals surface area contributed by atoms with Crippen molar-refractivity contribution in [2.24, 2.45) is 10.7 Å². The molecule has 38 heavy (non-hydrogen) atoms. The quantitative estimate of drug-likeness (QED) is 0.0807. The summed E-state index contributed by atoms with van der Waals surface area (Å²) >= 11 is 5.40. The highest BCUT2D eigenvalue weighted by atomic mass is 35.5. The molecule has 0 saturated heterocycles. The zero-order valence-corrected chi connectivity index (χ0v) is 21.9. The Labute approximate surface area is 226 Å². The largest absolute Gasteiger partial charge is 0.467 e. The van der Waals surface area contributed by atoms with Crippen molar-refractivity contribution in [3.8, 4) is 11.1 Å². The lowest BCUT2D eigenvalue weighted by molar-refractivity contribution is -0.145. The van der Waals surface area contributed by atoms with Gasteiger partial charge >= 0.3 is 12.1 Å². The van der Waals surface area contributed by atoms with E-state index in [1.54, 1.807) is 0 Å². The molecule has 3 rings (SSSR count). The Bertz CT molecular complexity index is 1140. The fraction of sp³-hybridized carbons (Fsp3) is 0.333. The second kappa shape index (κ2) is 14.0. The van der Waals surface area contributed by atoms with E-state index in [4.69, 9.17) is 27.0 Å². The minimum atomic E-state index is -0.997. The topological polar surface area (TPSA) is 144 Å². The standard InChI is InChI=1S/C27H32ClN5O5/c1-3-9-23(25(35)37-2)31-24(34)22(14-8-15-30-26(29)33-28)32-27(36)38-16-21-19-12-6-4-10-17(19)18-11-5-7-13-20(18)21/h3-7,10-13,21-23H,1,8-9,14-16H2,2H3,(H,31,34)(H,32,36)(H3,29,30,33)/t22-,23-/m1/s1. The van der Waals surface area contributed by atoms with Gasteiger partial charge in [0.2, 0.25) is 11.9 Å². The number of aliphatic imine (C=N–C) groups is 1. The van der Waals surface area contributed by atoms with Crippen LogP contribution in [0.4, 0.5) is 4.79 Å². The van der Waals surface area contributed by atoms with E-state index < -0.39 is 30.1 Å². The number of nitrogens with two attached hydrogens (primary N) is 1. The number of esters is 1. The van der Waals surface area contributed by atoms with Gasteiger partial charge < -0.3 is 25.8 Å². The summed E-state index contributed by atoms with van der Waals surface area (Å²) in [6, 6.07) is 14.1. The normalized spacial score (nSPS) is 13.9. The van der Waals surface area contributed by atoms with Crippen molar-refractivity contribution >= 4 is 35.7 Å². The SMILES string of the molecule is C=CC[C@@H](NC(=O)[C@@H](CCCN=C(N)NCl)NC(=O)OCC1c2ccccc2-c2ccccc21)C(=O)OC. The second-order valence-corrected chi connectivity index (χ2v) is 8.82. The van der Waals surface area contributed by atoms with Crippen molar-refractivity contribution in [2.75, 3.05) is 20.3 Å². The molecule has 2 aromatic rings. The molecule has 10 nitrogen and oxygen atoms in total. The average Bonchev–Trinajstić information content (AvgIpc) is 3.26. The smallest absolute Gasteiger partial charge is 0.407 e. The molecule has 5 N–H and O–H groups in total. The van der Waals surface area contributed by atoms with Crippen LogP contribution in [0.5, 0.6) is 0 Å². The summed E-state index contributed by atoms with van der Waals surface area (Å²) in [4.78, 5) is 44.1. The van der Waals surface area contributed by atoms with Crippen molar-refractivity contribution in [2.45, 2.75) is 37.3 Å². The molecular weight excluding hydrogens is 510 g/mol. The summed E-state index contributed by atoms with van der Waals surface area (Å²) in [7, 11) is 1.23. The van der Waals surface area contributed by atoms with Gasteiger partial charge in [0.15, 0.2) is 0 Å². The Morgan fingerprint density at radius 1 is 1.08 bits per heavy atom. The van der Waals surface area contributed by atoms with E-state index in [-0.39, 0.29) is 37.9 Å². The summed E-state index contributed by atoms with van der Waals surface area (Å²) in [5.41, 5.74) is 9.89. The third-order valence-electron chi connectivity index (χ3n) is 6.19. The Morgan fingerprint density at radius 3 is 2.29 bits per heavy atom. The third-order valence-corrected chi connectivity index (χ3v) is 6.38. The molecule has 11 heteroatoms. The molecule has 0 bridgehead atoms. The summed E-state index contributed by atoms with van der Waals surface area (Å²) in [6.45, 7) is 3.96. The molecular formula is C27H32ClN5O5. The number of alkyl carbamates (subject to hydrolysis) is 1. The lowest BCUT2D eigenvalue weighted by atomic mass is 9.98. The summed E-state index contributed by atoms with van der Waals surface area (Å²) < 4.78 is 10.3. The maximum absolute atomic E-state index is 13.0. The molecule has 2 aromatic carbocycles. The number of carbonyl (C=O) groups is 3. The van der Waals surface area contributed by atoms with Crippen LogP contribution in [-0.4, -0.2) is 56.3 Å². The number of nitrogens with zero attached hydrogens (tertiary/aromatic N) is 1. The predicted molar refractivity (Wildman–Crippen MR) is 145 cm³/mol. The van der Waals surface area contributed by atoms with E-state index in [0.717, 1.165) is 22.3 Å². The van der Waals surface area contributed by atoms with Crippen molar-refractivity contribution in [1.82, 2.24) is 15.5 Å². The molecule has 0 heterocycles. The van der Waals surface area contributed by atoms with Crippen molar-refractivity contribution in [1.29, 1.82) is 0 Å². The third kappa shape index (κ3) is 7.25. The molecule has 202 valence electrons. The Hall–Kier alpha value is -4.05. The Kier molecular flexibility index (Phi) is 10.5. The molecule has 0 aromatic heterocycles. The van der Waals surface area contributed by atoms with Crippen molar-refractivity contribution in [3.63, 3.8) is 0 Å². The summed E-state index contributed by atoms with van der Waals surface area (Å²) in [6.07, 6.45) is 1.50. The number of guanidine groups is 1. The van der Waals surface area contributed by atoms with Crippen LogP contribution >= 0.6 is 11.8 Å². The van der Waals surface area contributed by atoms with Crippen LogP contribution in [0.3, 0.4) is 0 Å². The first kappa shape index (κ1) is 28.5. The number of carbonyl (C=O) groups excluding carboxylic acids is 3. The fourth-order valence-electron chi connectivity index (χ4n) is 4.37. The van der Waals surface area contributed by atoms with Crippen LogP contribution in [0.2, 0.25) is 0 Å². The van der Waals surface area contributed by atoms with E-state index in [0.29, 0.717) is 6.42 Å². The highest BCUT2D eigenvalue weighted by Gasteiger charge is 2.30. The Balaban J connectivity index is 1.67. The van der Waals surface area contributed by atoms with E-state index >= 15 is 0 Å². The molecule has 0 fully saturated rings. The van der Waals surface area contributed by atoms with E-state index in [2.05, 4.69) is 27.0 Å². The van der Waals surface area contributed by atoms with Crippen molar-refractivity contribution < 1.29 is 23.9 Å². The van der Waals surface area contributed by atoms with Gasteiger partial charge in [-0.25, -0.2) is 9.59 Å². The van der Waals surface area contributed by atoms with E-state index in [9.17, 15) is 14.4 Å². The van der Waals surface area contributed by atoms with Gasteiger partial charge in [-0.3, -0.25) is 14.6 Å². The summed E-state index contributed by atoms with van der Waals surface area (Å²) in [5.74, 6) is -1.28. The highest BCUT2D eigenvalue weighted by molar-refractivity contribution is 6.21. The second-order valence-electron chi connectivity index (χ2n) is 8.63. The minimum absolute atomic E-state index is 0.0360. The summed E-state index contributed by atoms with van der Waals surface area (Å²) in [5, 5.41) is 5.23. The number of halogens is 1. The molecule has 0 unspecified atom stereocenters. The van der Waals surface area contributed by atoms with Crippen LogP contribution < -0.4 is 21.2 Å². The molecule has 0 spiro atoms. The van der Waals surface area contributed by atoms with Gasteiger partial charge in [0.05, 0.1) is 7.11 Å². The maximum atomic E-state index is 13.0. The predicted octanol–water partition coefficient (Wildman–Crippen LogP) is 2.97. The molecule has 2 atom stereocenters. The van der Waals surface area contributed by atoms with Crippen LogP contribution in [0.15, 0.2) is 66.2 Å². The first-order chi connectivity index (χ1) is 18.4.